The number of nitrogens with one attached hydrogen (secondary N) is 2. The molecule has 0 aromatic heterocycles. The second kappa shape index (κ2) is 7.09. The Balaban J connectivity index is 2.10. The molecule has 1 aliphatic carbocycles. The Morgan fingerprint density at radius 1 is 1.38 bits per heavy atom. The highest BCUT2D eigenvalue weighted by molar-refractivity contribution is 7.89. The Labute approximate surface area is 132 Å². The van der Waals surface area contributed by atoms with E-state index in [1.54, 1.807) is 12.1 Å². The van der Waals surface area contributed by atoms with Crippen molar-refractivity contribution in [2.24, 2.45) is 5.92 Å². The van der Waals surface area contributed by atoms with Crippen molar-refractivity contribution >= 4 is 21.6 Å². The van der Waals surface area contributed by atoms with Gasteiger partial charge in [0.15, 0.2) is 0 Å². The molecule has 1 saturated carbocycles. The molecular formula is C15H23ClN2O2S. The van der Waals surface area contributed by atoms with E-state index in [1.165, 1.54) is 12.8 Å². The molecule has 1 aliphatic rings. The smallest absolute Gasteiger partial charge is 0.242 e. The monoisotopic (exact) mass is 330 g/mol. The maximum Gasteiger partial charge on any atom is 0.242 e. The summed E-state index contributed by atoms with van der Waals surface area (Å²) in [5.74, 6) is 0.304. The minimum atomic E-state index is -3.55. The fourth-order valence-electron chi connectivity index (χ4n) is 1.89. The van der Waals surface area contributed by atoms with E-state index >= 15 is 0 Å². The summed E-state index contributed by atoms with van der Waals surface area (Å²) in [4.78, 5) is 0.169. The van der Waals surface area contributed by atoms with Gasteiger partial charge in [-0.15, -0.1) is 0 Å². The lowest BCUT2D eigenvalue weighted by molar-refractivity contribution is 0.528. The van der Waals surface area contributed by atoms with Gasteiger partial charge < -0.3 is 5.32 Å². The molecule has 1 unspecified atom stereocenters. The van der Waals surface area contributed by atoms with Crippen molar-refractivity contribution in [3.63, 3.8) is 0 Å². The van der Waals surface area contributed by atoms with Crippen LogP contribution in [-0.2, 0) is 16.6 Å². The van der Waals surface area contributed by atoms with Gasteiger partial charge in [0.2, 0.25) is 10.0 Å². The summed E-state index contributed by atoms with van der Waals surface area (Å²) in [5, 5.41) is 3.64. The van der Waals surface area contributed by atoms with Crippen LogP contribution in [-0.4, -0.2) is 21.0 Å². The van der Waals surface area contributed by atoms with Crippen LogP contribution in [0.5, 0.6) is 0 Å². The van der Waals surface area contributed by atoms with Gasteiger partial charge >= 0.3 is 0 Å². The third-order valence-electron chi connectivity index (χ3n) is 3.78. The average Bonchev–Trinajstić information content (AvgIpc) is 3.28. The van der Waals surface area contributed by atoms with Gasteiger partial charge in [0.1, 0.15) is 4.90 Å². The number of rotatable bonds is 8. The van der Waals surface area contributed by atoms with E-state index in [2.05, 4.69) is 10.0 Å². The number of halogens is 1. The first-order valence-corrected chi connectivity index (χ1v) is 9.30. The lowest BCUT2D eigenvalue weighted by Crippen LogP contribution is -2.28. The van der Waals surface area contributed by atoms with Crippen molar-refractivity contribution in [2.45, 2.75) is 50.6 Å². The molecule has 1 fully saturated rings. The number of sulfonamides is 1. The number of hydrogen-bond donors (Lipinski definition) is 2. The highest BCUT2D eigenvalue weighted by atomic mass is 35.5. The minimum absolute atomic E-state index is 0.169. The van der Waals surface area contributed by atoms with Crippen LogP contribution in [0.4, 0.5) is 0 Å². The molecule has 0 radical (unpaired) electrons. The third kappa shape index (κ3) is 4.95. The lowest BCUT2D eigenvalue weighted by atomic mass is 10.1. The standard InChI is InChI=1S/C15H23ClN2O2S/c1-3-11(2)9-18-21(19,20)15-8-12(4-7-14(15)16)10-17-13-5-6-13/h4,7-8,11,13,17-18H,3,5-6,9-10H2,1-2H3. The zero-order valence-electron chi connectivity index (χ0n) is 12.5. The van der Waals surface area contributed by atoms with E-state index in [-0.39, 0.29) is 9.92 Å². The van der Waals surface area contributed by atoms with Crippen molar-refractivity contribution in [2.75, 3.05) is 6.54 Å². The highest BCUT2D eigenvalue weighted by Crippen LogP contribution is 2.24. The van der Waals surface area contributed by atoms with Gasteiger partial charge in [-0.05, 0) is 36.5 Å². The first-order chi connectivity index (χ1) is 9.92. The minimum Gasteiger partial charge on any atom is -0.310 e. The van der Waals surface area contributed by atoms with Crippen molar-refractivity contribution in [3.05, 3.63) is 28.8 Å². The summed E-state index contributed by atoms with van der Waals surface area (Å²) >= 11 is 6.07. The predicted molar refractivity (Wildman–Crippen MR) is 86.0 cm³/mol. The molecule has 0 aliphatic heterocycles. The molecule has 1 atom stereocenters. The van der Waals surface area contributed by atoms with Crippen molar-refractivity contribution in [1.82, 2.24) is 10.0 Å². The van der Waals surface area contributed by atoms with Crippen LogP contribution >= 0.6 is 11.6 Å². The van der Waals surface area contributed by atoms with Crippen molar-refractivity contribution in [3.8, 4) is 0 Å². The molecule has 118 valence electrons. The van der Waals surface area contributed by atoms with E-state index in [0.717, 1.165) is 12.0 Å². The number of benzene rings is 1. The van der Waals surface area contributed by atoms with Crippen LogP contribution in [0.15, 0.2) is 23.1 Å². The van der Waals surface area contributed by atoms with Crippen LogP contribution in [0.25, 0.3) is 0 Å². The summed E-state index contributed by atoms with van der Waals surface area (Å²) in [6.07, 6.45) is 3.34. The van der Waals surface area contributed by atoms with Gasteiger partial charge in [0, 0.05) is 19.1 Å². The zero-order chi connectivity index (χ0) is 15.5. The molecule has 0 spiro atoms. The molecule has 4 nitrogen and oxygen atoms in total. The average molecular weight is 331 g/mol. The maximum atomic E-state index is 12.4. The van der Waals surface area contributed by atoms with Crippen LogP contribution in [0.1, 0.15) is 38.7 Å². The van der Waals surface area contributed by atoms with E-state index in [9.17, 15) is 8.42 Å². The van der Waals surface area contributed by atoms with E-state index in [1.807, 2.05) is 19.9 Å². The molecule has 0 heterocycles. The molecule has 0 amide bonds. The molecule has 1 aromatic rings. The molecule has 21 heavy (non-hydrogen) atoms. The Morgan fingerprint density at radius 3 is 2.71 bits per heavy atom. The predicted octanol–water partition coefficient (Wildman–Crippen LogP) is 2.92. The van der Waals surface area contributed by atoms with Crippen LogP contribution in [0.2, 0.25) is 5.02 Å². The first kappa shape index (κ1) is 16.7. The maximum absolute atomic E-state index is 12.4. The Morgan fingerprint density at radius 2 is 2.10 bits per heavy atom. The Bertz CT molecular complexity index is 585. The van der Waals surface area contributed by atoms with E-state index < -0.39 is 10.0 Å². The second-order valence-electron chi connectivity index (χ2n) is 5.79. The summed E-state index contributed by atoms with van der Waals surface area (Å²) in [6, 6.07) is 5.77. The fraction of sp³-hybridized carbons (Fsp3) is 0.600. The topological polar surface area (TPSA) is 58.2 Å². The Kier molecular flexibility index (Phi) is 5.66. The van der Waals surface area contributed by atoms with Gasteiger partial charge in [0.25, 0.3) is 0 Å². The molecule has 2 rings (SSSR count). The molecule has 0 saturated heterocycles. The van der Waals surface area contributed by atoms with Gasteiger partial charge in [-0.25, -0.2) is 13.1 Å². The second-order valence-corrected chi connectivity index (χ2v) is 7.93. The zero-order valence-corrected chi connectivity index (χ0v) is 14.1. The fourth-order valence-corrected chi connectivity index (χ4v) is 3.60. The highest BCUT2D eigenvalue weighted by Gasteiger charge is 2.22. The van der Waals surface area contributed by atoms with Gasteiger partial charge in [0.05, 0.1) is 5.02 Å². The van der Waals surface area contributed by atoms with Crippen LogP contribution in [0, 0.1) is 5.92 Å². The largest absolute Gasteiger partial charge is 0.310 e. The Hall–Kier alpha value is -0.620. The quantitative estimate of drug-likeness (QED) is 0.770. The number of hydrogen-bond acceptors (Lipinski definition) is 3. The summed E-state index contributed by atoms with van der Waals surface area (Å²) in [6.45, 7) is 5.16. The first-order valence-electron chi connectivity index (χ1n) is 7.44. The molecule has 1 aromatic carbocycles. The van der Waals surface area contributed by atoms with E-state index in [0.29, 0.717) is 25.0 Å². The summed E-state index contributed by atoms with van der Waals surface area (Å²) < 4.78 is 27.4. The van der Waals surface area contributed by atoms with Crippen molar-refractivity contribution in [1.29, 1.82) is 0 Å². The molecular weight excluding hydrogens is 308 g/mol. The van der Waals surface area contributed by atoms with Gasteiger partial charge in [-0.1, -0.05) is 37.9 Å². The lowest BCUT2D eigenvalue weighted by Gasteiger charge is -2.13. The normalized spacial score (nSPS) is 16.9. The summed E-state index contributed by atoms with van der Waals surface area (Å²) in [5.41, 5.74) is 0.940. The molecule has 2 N–H and O–H groups in total. The van der Waals surface area contributed by atoms with Gasteiger partial charge in [-0.2, -0.15) is 0 Å². The SMILES string of the molecule is CCC(C)CNS(=O)(=O)c1cc(CNC2CC2)ccc1Cl. The summed E-state index contributed by atoms with van der Waals surface area (Å²) in [7, 11) is -3.55. The van der Waals surface area contributed by atoms with Crippen LogP contribution < -0.4 is 10.0 Å². The van der Waals surface area contributed by atoms with Crippen LogP contribution in [0.3, 0.4) is 0 Å². The van der Waals surface area contributed by atoms with E-state index in [4.69, 9.17) is 11.6 Å². The third-order valence-corrected chi connectivity index (χ3v) is 5.68. The van der Waals surface area contributed by atoms with Gasteiger partial charge in [-0.3, -0.25) is 0 Å². The molecule has 0 bridgehead atoms. The van der Waals surface area contributed by atoms with Crippen molar-refractivity contribution < 1.29 is 8.42 Å². The molecule has 6 heteroatoms.